The van der Waals surface area contributed by atoms with Crippen LogP contribution in [-0.2, 0) is 0 Å². The quantitative estimate of drug-likeness (QED) is 0.783. The topological polar surface area (TPSA) is 37.3 Å². The van der Waals surface area contributed by atoms with Crippen LogP contribution < -0.4 is 0 Å². The number of carbonyl (C=O) groups is 1. The summed E-state index contributed by atoms with van der Waals surface area (Å²) in [4.78, 5) is 13.0. The van der Waals surface area contributed by atoms with Crippen LogP contribution in [0, 0.1) is 10.8 Å². The molecule has 14 heavy (non-hydrogen) atoms. The molecule has 0 saturated heterocycles. The van der Waals surface area contributed by atoms with Crippen molar-refractivity contribution in [1.82, 2.24) is 0 Å². The van der Waals surface area contributed by atoms with Crippen LogP contribution in [0.15, 0.2) is 24.3 Å². The number of carboxylic acids is 1. The Morgan fingerprint density at radius 1 is 1.29 bits per heavy atom. The molecule has 1 N–H and O–H groups in total. The smallest absolute Gasteiger partial charge is 0.335 e. The second kappa shape index (κ2) is 7.16. The average Bonchev–Trinajstić information content (AvgIpc) is 2.22. The number of rotatable bonds is 1. The van der Waals surface area contributed by atoms with Gasteiger partial charge in [0.15, 0.2) is 0 Å². The fraction of sp³-hybridized carbons (Fsp3) is 0.182. The number of halogens is 1. The van der Waals surface area contributed by atoms with Crippen LogP contribution in [0.4, 0.5) is 0 Å². The second-order valence-corrected chi connectivity index (χ2v) is 2.50. The molecule has 0 unspecified atom stereocenters. The van der Waals surface area contributed by atoms with Crippen molar-refractivity contribution in [2.24, 2.45) is 0 Å². The third-order valence-electron chi connectivity index (χ3n) is 1.32. The Labute approximate surface area is 92.1 Å². The predicted molar refractivity (Wildman–Crippen MR) is 60.6 cm³/mol. The molecule has 3 heteroatoms. The van der Waals surface area contributed by atoms with E-state index in [1.165, 1.54) is 12.1 Å². The van der Waals surface area contributed by atoms with Gasteiger partial charge in [0.05, 0.1) is 5.56 Å². The fourth-order valence-corrected chi connectivity index (χ4v) is 0.980. The van der Waals surface area contributed by atoms with E-state index in [1.807, 2.05) is 13.8 Å². The molecule has 0 aliphatic heterocycles. The lowest BCUT2D eigenvalue weighted by Gasteiger charge is -1.92. The second-order valence-electron chi connectivity index (χ2n) is 2.10. The maximum atomic E-state index is 10.4. The molecule has 1 aromatic carbocycles. The van der Waals surface area contributed by atoms with Crippen molar-refractivity contribution in [2.45, 2.75) is 13.8 Å². The minimum absolute atomic E-state index is 0.273. The molecule has 0 radical (unpaired) electrons. The highest BCUT2D eigenvalue weighted by molar-refractivity contribution is 9.12. The SMILES string of the molecule is CC.O=C(O)c1ccc(C#CBr)cc1. The van der Waals surface area contributed by atoms with Crippen molar-refractivity contribution in [3.8, 4) is 10.8 Å². The maximum Gasteiger partial charge on any atom is 0.335 e. The Bertz CT molecular complexity index is 344. The van der Waals surface area contributed by atoms with E-state index >= 15 is 0 Å². The Kier molecular flexibility index (Phi) is 6.51. The Balaban J connectivity index is 0.000000791. The zero-order valence-electron chi connectivity index (χ0n) is 8.04. The molecule has 0 atom stereocenters. The lowest BCUT2D eigenvalue weighted by atomic mass is 10.1. The minimum Gasteiger partial charge on any atom is -0.478 e. The largest absolute Gasteiger partial charge is 0.478 e. The van der Waals surface area contributed by atoms with Gasteiger partial charge in [-0.2, -0.15) is 0 Å². The molecule has 74 valence electrons. The first-order chi connectivity index (χ1) is 6.74. The van der Waals surface area contributed by atoms with Gasteiger partial charge in [0, 0.05) is 21.5 Å². The number of hydrogen-bond acceptors (Lipinski definition) is 1. The summed E-state index contributed by atoms with van der Waals surface area (Å²) in [7, 11) is 0. The van der Waals surface area contributed by atoms with E-state index in [0.29, 0.717) is 0 Å². The minimum atomic E-state index is -0.923. The highest BCUT2D eigenvalue weighted by Crippen LogP contribution is 2.02. The van der Waals surface area contributed by atoms with Crippen LogP contribution in [-0.4, -0.2) is 11.1 Å². The Hall–Kier alpha value is -1.27. The summed E-state index contributed by atoms with van der Waals surface area (Å²) in [5.41, 5.74) is 1.06. The van der Waals surface area contributed by atoms with Crippen molar-refractivity contribution in [2.75, 3.05) is 0 Å². The number of aromatic carboxylic acids is 1. The number of hydrogen-bond donors (Lipinski definition) is 1. The molecule has 0 heterocycles. The standard InChI is InChI=1S/C9H5BrO2.C2H6/c10-6-5-7-1-3-8(4-2-7)9(11)12;1-2/h1-4H,(H,11,12);1-2H3. The van der Waals surface area contributed by atoms with Crippen molar-refractivity contribution < 1.29 is 9.90 Å². The molecule has 0 saturated carbocycles. The molecule has 0 aromatic heterocycles. The molecule has 0 aliphatic rings. The van der Waals surface area contributed by atoms with Gasteiger partial charge in [-0.15, -0.1) is 0 Å². The highest BCUT2D eigenvalue weighted by Gasteiger charge is 1.99. The molecule has 0 fully saturated rings. The zero-order chi connectivity index (χ0) is 11.0. The van der Waals surface area contributed by atoms with Crippen LogP contribution >= 0.6 is 15.9 Å². The predicted octanol–water partition coefficient (Wildman–Crippen LogP) is 3.11. The van der Waals surface area contributed by atoms with Crippen LogP contribution in [0.3, 0.4) is 0 Å². The van der Waals surface area contributed by atoms with Crippen molar-refractivity contribution >= 4 is 21.9 Å². The van der Waals surface area contributed by atoms with E-state index in [0.717, 1.165) is 5.56 Å². The van der Waals surface area contributed by atoms with Gasteiger partial charge in [0.1, 0.15) is 0 Å². The molecule has 0 amide bonds. The molecular weight excluding hydrogens is 244 g/mol. The van der Waals surface area contributed by atoms with Crippen LogP contribution in [0.5, 0.6) is 0 Å². The Morgan fingerprint density at radius 3 is 2.14 bits per heavy atom. The first-order valence-corrected chi connectivity index (χ1v) is 4.98. The van der Waals surface area contributed by atoms with E-state index in [9.17, 15) is 4.79 Å². The van der Waals surface area contributed by atoms with E-state index in [-0.39, 0.29) is 5.56 Å². The Morgan fingerprint density at radius 2 is 1.79 bits per heavy atom. The summed E-state index contributed by atoms with van der Waals surface area (Å²) >= 11 is 2.96. The van der Waals surface area contributed by atoms with Crippen LogP contribution in [0.25, 0.3) is 0 Å². The first-order valence-electron chi connectivity index (χ1n) is 4.19. The molecule has 0 aliphatic carbocycles. The molecular formula is C11H11BrO2. The van der Waals surface area contributed by atoms with Gasteiger partial charge in [-0.25, -0.2) is 4.79 Å². The molecule has 0 spiro atoms. The van der Waals surface area contributed by atoms with E-state index < -0.39 is 5.97 Å². The number of benzene rings is 1. The molecule has 0 bridgehead atoms. The summed E-state index contributed by atoms with van der Waals surface area (Å²) in [6.45, 7) is 4.00. The van der Waals surface area contributed by atoms with Gasteiger partial charge in [0.25, 0.3) is 0 Å². The zero-order valence-corrected chi connectivity index (χ0v) is 9.63. The summed E-state index contributed by atoms with van der Waals surface area (Å²) < 4.78 is 0. The molecule has 2 nitrogen and oxygen atoms in total. The van der Waals surface area contributed by atoms with Crippen molar-refractivity contribution in [3.63, 3.8) is 0 Å². The fourth-order valence-electron chi connectivity index (χ4n) is 0.751. The normalized spacial score (nSPS) is 7.64. The highest BCUT2D eigenvalue weighted by atomic mass is 79.9. The summed E-state index contributed by atoms with van der Waals surface area (Å²) in [5.74, 6) is 1.82. The van der Waals surface area contributed by atoms with Crippen LogP contribution in [0.2, 0.25) is 0 Å². The van der Waals surface area contributed by atoms with Gasteiger partial charge >= 0.3 is 5.97 Å². The van der Waals surface area contributed by atoms with E-state index in [1.54, 1.807) is 12.1 Å². The van der Waals surface area contributed by atoms with E-state index in [4.69, 9.17) is 5.11 Å². The summed E-state index contributed by atoms with van der Waals surface area (Å²) in [6.07, 6.45) is 0. The summed E-state index contributed by atoms with van der Waals surface area (Å²) in [6, 6.07) is 6.37. The lowest BCUT2D eigenvalue weighted by molar-refractivity contribution is 0.0697. The van der Waals surface area contributed by atoms with Gasteiger partial charge in [0.2, 0.25) is 0 Å². The first kappa shape index (κ1) is 12.7. The lowest BCUT2D eigenvalue weighted by Crippen LogP contribution is -1.94. The number of carboxylic acid groups (broad SMARTS) is 1. The van der Waals surface area contributed by atoms with E-state index in [2.05, 4.69) is 26.7 Å². The third kappa shape index (κ3) is 4.11. The van der Waals surface area contributed by atoms with Crippen LogP contribution in [0.1, 0.15) is 29.8 Å². The van der Waals surface area contributed by atoms with Gasteiger partial charge in [-0.05, 0) is 29.1 Å². The molecule has 1 rings (SSSR count). The monoisotopic (exact) mass is 254 g/mol. The third-order valence-corrected chi connectivity index (χ3v) is 1.52. The van der Waals surface area contributed by atoms with Gasteiger partial charge in [-0.1, -0.05) is 19.8 Å². The van der Waals surface area contributed by atoms with Crippen molar-refractivity contribution in [3.05, 3.63) is 35.4 Å². The average molecular weight is 255 g/mol. The van der Waals surface area contributed by atoms with Gasteiger partial charge in [-0.3, -0.25) is 0 Å². The summed E-state index contributed by atoms with van der Waals surface area (Å²) in [5, 5.41) is 8.56. The maximum absolute atomic E-state index is 10.4. The molecule has 1 aromatic rings. The van der Waals surface area contributed by atoms with Crippen molar-refractivity contribution in [1.29, 1.82) is 0 Å². The van der Waals surface area contributed by atoms with Gasteiger partial charge < -0.3 is 5.11 Å².